The highest BCUT2D eigenvalue weighted by molar-refractivity contribution is 7.17. The summed E-state index contributed by atoms with van der Waals surface area (Å²) in [5.74, 6) is -0.212. The van der Waals surface area contributed by atoms with Crippen molar-refractivity contribution in [3.05, 3.63) is 95.0 Å². The molecule has 0 radical (unpaired) electrons. The Morgan fingerprint density at radius 1 is 1.04 bits per heavy atom. The van der Waals surface area contributed by atoms with E-state index in [1.807, 2.05) is 70.6 Å². The number of carbonyl (C=O) groups is 1. The molecule has 5 heteroatoms. The van der Waals surface area contributed by atoms with E-state index in [1.54, 1.807) is 17.6 Å². The largest absolute Gasteiger partial charge is 0.331 e. The first kappa shape index (κ1) is 16.3. The third-order valence-corrected chi connectivity index (χ3v) is 4.97. The van der Waals surface area contributed by atoms with Crippen molar-refractivity contribution in [2.75, 3.05) is 0 Å². The Hall–Kier alpha value is -3.18. The van der Waals surface area contributed by atoms with Gasteiger partial charge in [0, 0.05) is 6.54 Å². The molecule has 26 heavy (non-hydrogen) atoms. The van der Waals surface area contributed by atoms with Crippen LogP contribution in [0.3, 0.4) is 0 Å². The van der Waals surface area contributed by atoms with Crippen LogP contribution in [0.2, 0.25) is 0 Å². The number of amides is 1. The molecule has 0 atom stereocenters. The first-order valence-electron chi connectivity index (χ1n) is 8.30. The van der Waals surface area contributed by atoms with Crippen LogP contribution >= 0.6 is 11.3 Å². The molecule has 0 fully saturated rings. The number of nitrogens with zero attached hydrogens (tertiary/aromatic N) is 2. The van der Waals surface area contributed by atoms with Gasteiger partial charge in [0.15, 0.2) is 0 Å². The van der Waals surface area contributed by atoms with Crippen molar-refractivity contribution in [3.8, 4) is 0 Å². The monoisotopic (exact) mass is 359 g/mol. The Morgan fingerprint density at radius 2 is 1.77 bits per heavy atom. The average Bonchev–Trinajstić information content (AvgIpc) is 3.26. The zero-order valence-electron chi connectivity index (χ0n) is 14.0. The summed E-state index contributed by atoms with van der Waals surface area (Å²) in [6, 6.07) is 23.8. The lowest BCUT2D eigenvalue weighted by Gasteiger charge is -2.09. The molecule has 2 aromatic carbocycles. The van der Waals surface area contributed by atoms with Crippen LogP contribution in [0, 0.1) is 0 Å². The van der Waals surface area contributed by atoms with Crippen LogP contribution in [0.15, 0.2) is 83.3 Å². The Kier molecular flexibility index (Phi) is 4.62. The van der Waals surface area contributed by atoms with Gasteiger partial charge in [0.2, 0.25) is 0 Å². The van der Waals surface area contributed by atoms with Crippen molar-refractivity contribution in [3.63, 3.8) is 0 Å². The van der Waals surface area contributed by atoms with Gasteiger partial charge in [-0.05, 0) is 28.6 Å². The number of hydrogen-bond acceptors (Lipinski definition) is 3. The van der Waals surface area contributed by atoms with Crippen LogP contribution in [-0.2, 0) is 6.54 Å². The lowest BCUT2D eigenvalue weighted by atomic mass is 10.2. The lowest BCUT2D eigenvalue weighted by Crippen LogP contribution is -2.21. The summed E-state index contributed by atoms with van der Waals surface area (Å²) in [4.78, 5) is 12.7. The number of hydrogen-bond donors (Lipinski definition) is 1. The summed E-state index contributed by atoms with van der Waals surface area (Å²) < 4.78 is 3.13. The van der Waals surface area contributed by atoms with Crippen LogP contribution < -0.4 is 5.43 Å². The number of thiophene rings is 1. The van der Waals surface area contributed by atoms with Gasteiger partial charge in [-0.3, -0.25) is 4.79 Å². The SMILES string of the molecule is O=C(N/N=C/c1ccccc1)c1cc2sccc2n1Cc1ccccc1. The van der Waals surface area contributed by atoms with Gasteiger partial charge in [-0.25, -0.2) is 5.43 Å². The lowest BCUT2D eigenvalue weighted by molar-refractivity contribution is 0.0947. The maximum absolute atomic E-state index is 12.7. The predicted octanol–water partition coefficient (Wildman–Crippen LogP) is 4.52. The second-order valence-corrected chi connectivity index (χ2v) is 6.83. The van der Waals surface area contributed by atoms with E-state index < -0.39 is 0 Å². The van der Waals surface area contributed by atoms with Crippen molar-refractivity contribution < 1.29 is 4.79 Å². The van der Waals surface area contributed by atoms with Crippen molar-refractivity contribution in [2.45, 2.75) is 6.54 Å². The Balaban J connectivity index is 1.59. The zero-order valence-corrected chi connectivity index (χ0v) is 14.8. The number of benzene rings is 2. The molecule has 0 saturated carbocycles. The molecule has 0 bridgehead atoms. The summed E-state index contributed by atoms with van der Waals surface area (Å²) in [6.45, 7) is 0.645. The predicted molar refractivity (Wildman–Crippen MR) is 107 cm³/mol. The van der Waals surface area contributed by atoms with E-state index in [4.69, 9.17) is 0 Å². The molecule has 4 aromatic rings. The van der Waals surface area contributed by atoms with E-state index in [1.165, 1.54) is 0 Å². The molecule has 0 unspecified atom stereocenters. The maximum atomic E-state index is 12.7. The van der Waals surface area contributed by atoms with Crippen molar-refractivity contribution in [2.24, 2.45) is 5.10 Å². The quantitative estimate of drug-likeness (QED) is 0.413. The summed E-state index contributed by atoms with van der Waals surface area (Å²) in [6.07, 6.45) is 1.64. The van der Waals surface area contributed by atoms with E-state index in [9.17, 15) is 4.79 Å². The highest BCUT2D eigenvalue weighted by Crippen LogP contribution is 2.26. The van der Waals surface area contributed by atoms with Gasteiger partial charge in [0.05, 0.1) is 16.4 Å². The minimum absolute atomic E-state index is 0.212. The van der Waals surface area contributed by atoms with Gasteiger partial charge in [-0.15, -0.1) is 11.3 Å². The number of hydrazone groups is 1. The second kappa shape index (κ2) is 7.37. The fourth-order valence-corrected chi connectivity index (χ4v) is 3.69. The van der Waals surface area contributed by atoms with Gasteiger partial charge < -0.3 is 4.57 Å². The van der Waals surface area contributed by atoms with E-state index in [0.717, 1.165) is 21.3 Å². The standard InChI is InChI=1S/C21H17N3OS/c25-21(23-22-14-16-7-3-1-4-8-16)19-13-20-18(11-12-26-20)24(19)15-17-9-5-2-6-10-17/h1-14H,15H2,(H,23,25)/b22-14+. The maximum Gasteiger partial charge on any atom is 0.288 e. The minimum Gasteiger partial charge on any atom is -0.331 e. The van der Waals surface area contributed by atoms with Gasteiger partial charge in [0.1, 0.15) is 5.69 Å². The Labute approximate surface area is 155 Å². The Morgan fingerprint density at radius 3 is 2.54 bits per heavy atom. The fraction of sp³-hybridized carbons (Fsp3) is 0.0476. The highest BCUT2D eigenvalue weighted by atomic mass is 32.1. The summed E-state index contributed by atoms with van der Waals surface area (Å²) in [7, 11) is 0. The molecule has 128 valence electrons. The molecular weight excluding hydrogens is 342 g/mol. The molecule has 0 aliphatic rings. The summed E-state index contributed by atoms with van der Waals surface area (Å²) in [5.41, 5.74) is 6.41. The zero-order chi connectivity index (χ0) is 17.8. The average molecular weight is 359 g/mol. The molecule has 1 amide bonds. The number of carbonyl (C=O) groups excluding carboxylic acids is 1. The van der Waals surface area contributed by atoms with Gasteiger partial charge in [0.25, 0.3) is 5.91 Å². The van der Waals surface area contributed by atoms with Crippen LogP contribution in [-0.4, -0.2) is 16.7 Å². The van der Waals surface area contributed by atoms with Crippen LogP contribution in [0.25, 0.3) is 10.2 Å². The number of fused-ring (bicyclic) bond motifs is 1. The third kappa shape index (κ3) is 3.43. The number of rotatable bonds is 5. The fourth-order valence-electron chi connectivity index (χ4n) is 2.86. The smallest absolute Gasteiger partial charge is 0.288 e. The van der Waals surface area contributed by atoms with E-state index >= 15 is 0 Å². The minimum atomic E-state index is -0.212. The summed E-state index contributed by atoms with van der Waals surface area (Å²) >= 11 is 1.63. The molecule has 2 aromatic heterocycles. The van der Waals surface area contributed by atoms with Crippen LogP contribution in [0.5, 0.6) is 0 Å². The summed E-state index contributed by atoms with van der Waals surface area (Å²) in [5, 5.41) is 6.13. The first-order chi connectivity index (χ1) is 12.8. The molecule has 0 aliphatic heterocycles. The number of nitrogens with one attached hydrogen (secondary N) is 1. The first-order valence-corrected chi connectivity index (χ1v) is 9.18. The van der Waals surface area contributed by atoms with Crippen molar-refractivity contribution >= 4 is 33.7 Å². The highest BCUT2D eigenvalue weighted by Gasteiger charge is 2.16. The van der Waals surface area contributed by atoms with Gasteiger partial charge >= 0.3 is 0 Å². The molecule has 4 rings (SSSR count). The van der Waals surface area contributed by atoms with Crippen LogP contribution in [0.1, 0.15) is 21.6 Å². The topological polar surface area (TPSA) is 46.4 Å². The normalized spacial score (nSPS) is 11.2. The number of aromatic nitrogens is 1. The van der Waals surface area contributed by atoms with Crippen molar-refractivity contribution in [1.82, 2.24) is 9.99 Å². The van der Waals surface area contributed by atoms with Gasteiger partial charge in [-0.1, -0.05) is 60.7 Å². The third-order valence-electron chi connectivity index (χ3n) is 4.12. The van der Waals surface area contributed by atoms with E-state index in [2.05, 4.69) is 22.7 Å². The molecule has 0 aliphatic carbocycles. The van der Waals surface area contributed by atoms with Crippen LogP contribution in [0.4, 0.5) is 0 Å². The Bertz CT molecular complexity index is 1050. The molecule has 1 N–H and O–H groups in total. The van der Waals surface area contributed by atoms with E-state index in [-0.39, 0.29) is 5.91 Å². The molecule has 0 saturated heterocycles. The van der Waals surface area contributed by atoms with E-state index in [0.29, 0.717) is 12.2 Å². The van der Waals surface area contributed by atoms with Gasteiger partial charge in [-0.2, -0.15) is 5.10 Å². The molecule has 2 heterocycles. The molecular formula is C21H17N3OS. The van der Waals surface area contributed by atoms with Crippen molar-refractivity contribution in [1.29, 1.82) is 0 Å². The second-order valence-electron chi connectivity index (χ2n) is 5.88. The molecule has 4 nitrogen and oxygen atoms in total. The molecule has 0 spiro atoms.